The van der Waals surface area contributed by atoms with Crippen LogP contribution in [0.25, 0.3) is 33.2 Å². The van der Waals surface area contributed by atoms with Crippen molar-refractivity contribution in [1.82, 2.24) is 10.3 Å². The molecule has 1 aliphatic heterocycles. The standard InChI is InChI=1S/C61H60N4/c62-57(47-21-9-3-10-22-47)56(45-19-7-2-8-20-45)60-52-26-14-13-25-51(52)55(59(64-60)48-23-11-4-12-24-48)46-35-39-50(40-36-46)61-63-54-28-16-15-27-53(54)58(65-61)49-37-33-44(34-38-49)43-31-29-42(30-32-43)41-17-5-1-6-18-41/h2-4,7,9-15,17,19,21-23,25-27,29,31,33,35-36,39-40,48-49,61,63H,1,5-6,8,16,18,20,24,28,30,32,34,37-38,62H2. The summed E-state index contributed by atoms with van der Waals surface area (Å²) >= 11 is 0. The molecular formula is C61H60N4. The summed E-state index contributed by atoms with van der Waals surface area (Å²) in [6.07, 6.45) is 45.8. The molecule has 7 aliphatic rings. The molecule has 3 N–H and O–H groups in total. The molecule has 0 fully saturated rings. The number of nitrogens with one attached hydrogen (secondary N) is 1. The van der Waals surface area contributed by atoms with Gasteiger partial charge in [-0.05, 0) is 140 Å². The molecule has 4 aromatic rings. The highest BCUT2D eigenvalue weighted by atomic mass is 15.1. The maximum atomic E-state index is 7.24. The molecule has 0 saturated heterocycles. The Bertz CT molecular complexity index is 2900. The maximum Gasteiger partial charge on any atom is 0.144 e. The lowest BCUT2D eigenvalue weighted by Crippen LogP contribution is -2.33. The zero-order valence-corrected chi connectivity index (χ0v) is 37.6. The number of benzene rings is 3. The third-order valence-electron chi connectivity index (χ3n) is 14.8. The lowest BCUT2D eigenvalue weighted by Gasteiger charge is -2.34. The minimum absolute atomic E-state index is 0.122. The van der Waals surface area contributed by atoms with E-state index in [4.69, 9.17) is 15.7 Å². The third kappa shape index (κ3) is 8.36. The van der Waals surface area contributed by atoms with Gasteiger partial charge in [-0.2, -0.15) is 0 Å². The SMILES string of the molecule is NC(=C(C1=CC=CCC1)c1nc(C2C=CC=CC2)c(-c2ccc(C3N=C(C4CC=C(C5=CC=C(C6=CCCCC6)CC5)CC4)C4=C(CCC=C4)N3)cc2)c2ccccc12)c1ccccc1. The number of nitrogens with two attached hydrogens (primary N) is 1. The third-order valence-corrected chi connectivity index (χ3v) is 14.8. The fraction of sp³-hybridized carbons (Fsp3) is 0.279. The summed E-state index contributed by atoms with van der Waals surface area (Å²) in [7, 11) is 0. The number of rotatable bonds is 9. The van der Waals surface area contributed by atoms with Gasteiger partial charge in [-0.25, -0.2) is 0 Å². The molecule has 3 aromatic carbocycles. The van der Waals surface area contributed by atoms with Gasteiger partial charge in [-0.1, -0.05) is 158 Å². The number of allylic oxidation sites excluding steroid dienone is 21. The van der Waals surface area contributed by atoms with E-state index in [1.165, 1.54) is 83.2 Å². The van der Waals surface area contributed by atoms with Crippen molar-refractivity contribution >= 4 is 27.8 Å². The molecule has 6 aliphatic carbocycles. The Labute approximate surface area is 385 Å². The Balaban J connectivity index is 0.938. The quantitative estimate of drug-likeness (QED) is 0.176. The first-order chi connectivity index (χ1) is 32.2. The van der Waals surface area contributed by atoms with Crippen molar-refractivity contribution < 1.29 is 0 Å². The molecule has 324 valence electrons. The van der Waals surface area contributed by atoms with Crippen LogP contribution in [0.15, 0.2) is 202 Å². The normalized spacial score (nSPS) is 23.4. The second kappa shape index (κ2) is 18.5. The van der Waals surface area contributed by atoms with Gasteiger partial charge in [-0.3, -0.25) is 9.98 Å². The topological polar surface area (TPSA) is 63.3 Å². The molecule has 0 saturated carbocycles. The van der Waals surface area contributed by atoms with Crippen LogP contribution in [-0.4, -0.2) is 10.7 Å². The summed E-state index contributed by atoms with van der Waals surface area (Å²) in [6.45, 7) is 0. The zero-order valence-electron chi connectivity index (χ0n) is 37.6. The van der Waals surface area contributed by atoms with Gasteiger partial charge < -0.3 is 11.1 Å². The minimum Gasteiger partial charge on any atom is -0.398 e. The van der Waals surface area contributed by atoms with Gasteiger partial charge in [-0.15, -0.1) is 0 Å². The molecule has 1 aromatic heterocycles. The van der Waals surface area contributed by atoms with Crippen molar-refractivity contribution in [3.05, 3.63) is 220 Å². The molecule has 0 radical (unpaired) electrons. The van der Waals surface area contributed by atoms with Crippen LogP contribution in [0.2, 0.25) is 0 Å². The van der Waals surface area contributed by atoms with Gasteiger partial charge in [0.2, 0.25) is 0 Å². The van der Waals surface area contributed by atoms with Crippen molar-refractivity contribution in [2.45, 2.75) is 102 Å². The Hall–Kier alpha value is -6.52. The van der Waals surface area contributed by atoms with Crippen LogP contribution in [0.4, 0.5) is 0 Å². The fourth-order valence-electron chi connectivity index (χ4n) is 11.3. The van der Waals surface area contributed by atoms with E-state index >= 15 is 0 Å². The van der Waals surface area contributed by atoms with E-state index in [9.17, 15) is 0 Å². The smallest absolute Gasteiger partial charge is 0.144 e. The van der Waals surface area contributed by atoms with Gasteiger partial charge in [0.1, 0.15) is 6.17 Å². The average molecular weight is 849 g/mol. The first-order valence-electron chi connectivity index (χ1n) is 24.5. The number of pyridine rings is 1. The van der Waals surface area contributed by atoms with Crippen LogP contribution in [0.3, 0.4) is 0 Å². The molecule has 65 heavy (non-hydrogen) atoms. The van der Waals surface area contributed by atoms with Crippen LogP contribution in [-0.2, 0) is 0 Å². The predicted molar refractivity (Wildman–Crippen MR) is 273 cm³/mol. The average Bonchev–Trinajstić information content (AvgIpc) is 3.39. The van der Waals surface area contributed by atoms with Gasteiger partial charge in [0.25, 0.3) is 0 Å². The van der Waals surface area contributed by atoms with Gasteiger partial charge in [0.15, 0.2) is 0 Å². The Kier molecular flexibility index (Phi) is 11.7. The van der Waals surface area contributed by atoms with Gasteiger partial charge in [0, 0.05) is 45.3 Å². The minimum atomic E-state index is -0.122. The summed E-state index contributed by atoms with van der Waals surface area (Å²) in [5, 5.41) is 6.22. The van der Waals surface area contributed by atoms with Crippen LogP contribution in [0.5, 0.6) is 0 Å². The largest absolute Gasteiger partial charge is 0.398 e. The van der Waals surface area contributed by atoms with Crippen molar-refractivity contribution in [1.29, 1.82) is 0 Å². The first-order valence-corrected chi connectivity index (χ1v) is 24.5. The summed E-state index contributed by atoms with van der Waals surface area (Å²) in [5.41, 5.74) is 27.1. The van der Waals surface area contributed by atoms with Crippen LogP contribution in [0, 0.1) is 5.92 Å². The van der Waals surface area contributed by atoms with E-state index in [2.05, 4.69) is 157 Å². The van der Waals surface area contributed by atoms with Crippen molar-refractivity contribution in [3.63, 3.8) is 0 Å². The molecular weight excluding hydrogens is 789 g/mol. The number of hydrogen-bond donors (Lipinski definition) is 2. The molecule has 2 heterocycles. The van der Waals surface area contributed by atoms with E-state index in [1.807, 2.05) is 6.07 Å². The van der Waals surface area contributed by atoms with E-state index in [0.717, 1.165) is 85.0 Å². The summed E-state index contributed by atoms with van der Waals surface area (Å²) in [6, 6.07) is 28.5. The second-order valence-electron chi connectivity index (χ2n) is 18.8. The predicted octanol–water partition coefficient (Wildman–Crippen LogP) is 15.1. The highest BCUT2D eigenvalue weighted by Gasteiger charge is 2.31. The molecule has 3 unspecified atom stereocenters. The van der Waals surface area contributed by atoms with E-state index < -0.39 is 0 Å². The molecule has 4 heteroatoms. The van der Waals surface area contributed by atoms with E-state index in [-0.39, 0.29) is 12.1 Å². The molecule has 3 atom stereocenters. The highest BCUT2D eigenvalue weighted by Crippen LogP contribution is 2.45. The summed E-state index contributed by atoms with van der Waals surface area (Å²) in [4.78, 5) is 11.4. The van der Waals surface area contributed by atoms with Crippen molar-refractivity contribution in [2.24, 2.45) is 16.6 Å². The fourth-order valence-corrected chi connectivity index (χ4v) is 11.3. The summed E-state index contributed by atoms with van der Waals surface area (Å²) in [5.74, 6) is 0.548. The highest BCUT2D eigenvalue weighted by molar-refractivity contribution is 6.09. The number of nitrogens with zero attached hydrogens (tertiary/aromatic N) is 2. The monoisotopic (exact) mass is 848 g/mol. The van der Waals surface area contributed by atoms with Crippen molar-refractivity contribution in [2.75, 3.05) is 0 Å². The molecule has 0 spiro atoms. The summed E-state index contributed by atoms with van der Waals surface area (Å²) < 4.78 is 0. The molecule has 11 rings (SSSR count). The Morgan fingerprint density at radius 2 is 1.45 bits per heavy atom. The second-order valence-corrected chi connectivity index (χ2v) is 18.8. The van der Waals surface area contributed by atoms with Crippen LogP contribution >= 0.6 is 0 Å². The van der Waals surface area contributed by atoms with E-state index in [0.29, 0.717) is 5.92 Å². The zero-order chi connectivity index (χ0) is 43.5. The first kappa shape index (κ1) is 41.2. The maximum absolute atomic E-state index is 7.24. The number of fused-ring (bicyclic) bond motifs is 1. The molecule has 0 amide bonds. The number of hydrogen-bond acceptors (Lipinski definition) is 4. The van der Waals surface area contributed by atoms with Crippen LogP contribution < -0.4 is 11.1 Å². The van der Waals surface area contributed by atoms with E-state index in [1.54, 1.807) is 22.3 Å². The molecule has 4 nitrogen and oxygen atoms in total. The van der Waals surface area contributed by atoms with Crippen molar-refractivity contribution in [3.8, 4) is 11.1 Å². The number of aliphatic imine (C=N–C) groups is 1. The lowest BCUT2D eigenvalue weighted by atomic mass is 9.78. The number of aromatic nitrogens is 1. The Morgan fingerprint density at radius 3 is 2.17 bits per heavy atom. The Morgan fingerprint density at radius 1 is 0.646 bits per heavy atom. The lowest BCUT2D eigenvalue weighted by molar-refractivity contribution is 0.551. The van der Waals surface area contributed by atoms with Gasteiger partial charge in [0.05, 0.1) is 17.1 Å². The van der Waals surface area contributed by atoms with Gasteiger partial charge >= 0.3 is 0 Å². The van der Waals surface area contributed by atoms with Crippen LogP contribution in [0.1, 0.15) is 124 Å². The molecule has 0 bridgehead atoms.